The van der Waals surface area contributed by atoms with E-state index in [0.717, 1.165) is 19.3 Å². The molecule has 0 fully saturated rings. The number of hydrogen-bond donors (Lipinski definition) is 4. The zero-order valence-corrected chi connectivity index (χ0v) is 27.9. The minimum atomic E-state index is -1.23. The lowest BCUT2D eigenvalue weighted by atomic mass is 9.87. The zero-order valence-electron chi connectivity index (χ0n) is 25.8. The molecule has 1 heterocycles. The predicted octanol–water partition coefficient (Wildman–Crippen LogP) is 4.19. The number of fused-ring (bicyclic) bond motifs is 1. The fourth-order valence-corrected chi connectivity index (χ4v) is 6.26. The Morgan fingerprint density at radius 3 is 2.56 bits per heavy atom. The fourth-order valence-electron chi connectivity index (χ4n) is 5.47. The Hall–Kier alpha value is -3.33. The quantitative estimate of drug-likeness (QED) is 0.133. The van der Waals surface area contributed by atoms with Crippen LogP contribution in [0.2, 0.25) is 0 Å². The van der Waals surface area contributed by atoms with Gasteiger partial charge in [0, 0.05) is 30.5 Å². The highest BCUT2D eigenvalue weighted by molar-refractivity contribution is 14.1. The molecule has 0 saturated heterocycles. The van der Waals surface area contributed by atoms with Crippen molar-refractivity contribution in [3.8, 4) is 17.2 Å². The molecular weight excluding hydrogens is 695 g/mol. The molecule has 3 aromatic rings. The lowest BCUT2D eigenvalue weighted by Crippen LogP contribution is -2.55. The molecule has 0 spiro atoms. The van der Waals surface area contributed by atoms with Crippen molar-refractivity contribution in [1.29, 1.82) is 0 Å². The second-order valence-electron chi connectivity index (χ2n) is 10.8. The summed E-state index contributed by atoms with van der Waals surface area (Å²) in [5.41, 5.74) is 1.37. The molecule has 0 radical (unpaired) electrons. The SMILES string of the molecule is CCCCCCN(C(=O)c1cc2cccc(OC)c2o1)[C@@H]1CC(C(=O)NCCO)=C[C@H](Oc2c(I)cc(CO)cc2OC)[C@H]1O. The Kier molecular flexibility index (Phi) is 12.5. The van der Waals surface area contributed by atoms with Crippen molar-refractivity contribution in [1.82, 2.24) is 10.2 Å². The predicted molar refractivity (Wildman–Crippen MR) is 177 cm³/mol. The molecule has 45 heavy (non-hydrogen) atoms. The number of amides is 2. The van der Waals surface area contributed by atoms with Crippen molar-refractivity contribution in [3.05, 3.63) is 62.9 Å². The molecule has 0 saturated carbocycles. The van der Waals surface area contributed by atoms with Crippen LogP contribution in [0.25, 0.3) is 11.0 Å². The van der Waals surface area contributed by atoms with E-state index in [-0.39, 0.29) is 31.9 Å². The average molecular weight is 737 g/mol. The number of carbonyl (C=O) groups excluding carboxylic acids is 2. The number of carbonyl (C=O) groups is 2. The molecule has 1 aliphatic rings. The normalized spacial score (nSPS) is 17.9. The van der Waals surface area contributed by atoms with Gasteiger partial charge in [-0.05, 0) is 64.9 Å². The minimum Gasteiger partial charge on any atom is -0.493 e. The summed E-state index contributed by atoms with van der Waals surface area (Å²) in [7, 11) is 3.00. The van der Waals surface area contributed by atoms with Crippen molar-refractivity contribution >= 4 is 45.4 Å². The Bertz CT molecular complexity index is 1500. The number of benzene rings is 2. The number of aliphatic hydroxyl groups is 3. The van der Waals surface area contributed by atoms with Crippen LogP contribution in [0.5, 0.6) is 17.2 Å². The van der Waals surface area contributed by atoms with E-state index in [1.54, 1.807) is 35.2 Å². The van der Waals surface area contributed by atoms with E-state index in [1.807, 2.05) is 12.1 Å². The molecule has 11 nitrogen and oxygen atoms in total. The van der Waals surface area contributed by atoms with Crippen molar-refractivity contribution in [3.63, 3.8) is 0 Å². The number of aliphatic hydroxyl groups excluding tert-OH is 3. The molecule has 2 amide bonds. The van der Waals surface area contributed by atoms with Gasteiger partial charge in [0.1, 0.15) is 12.2 Å². The Morgan fingerprint density at radius 2 is 1.87 bits per heavy atom. The lowest BCUT2D eigenvalue weighted by molar-refractivity contribution is -0.118. The lowest BCUT2D eigenvalue weighted by Gasteiger charge is -2.40. The Morgan fingerprint density at radius 1 is 1.09 bits per heavy atom. The number of unbranched alkanes of at least 4 members (excludes halogenated alkanes) is 3. The maximum atomic E-state index is 14.2. The van der Waals surface area contributed by atoms with E-state index < -0.39 is 30.1 Å². The minimum absolute atomic E-state index is 0.0454. The van der Waals surface area contributed by atoms with Gasteiger partial charge in [0.05, 0.1) is 37.0 Å². The monoisotopic (exact) mass is 736 g/mol. The van der Waals surface area contributed by atoms with Crippen LogP contribution in [0.4, 0.5) is 0 Å². The van der Waals surface area contributed by atoms with E-state index in [2.05, 4.69) is 34.8 Å². The highest BCUT2D eigenvalue weighted by Crippen LogP contribution is 2.38. The van der Waals surface area contributed by atoms with Gasteiger partial charge < -0.3 is 44.2 Å². The van der Waals surface area contributed by atoms with Gasteiger partial charge in [0.15, 0.2) is 28.6 Å². The van der Waals surface area contributed by atoms with Crippen LogP contribution < -0.4 is 19.5 Å². The number of nitrogens with one attached hydrogen (secondary N) is 1. The molecule has 0 bridgehead atoms. The second kappa shape index (κ2) is 16.3. The van der Waals surface area contributed by atoms with Crippen LogP contribution in [0, 0.1) is 3.57 Å². The molecule has 1 aliphatic carbocycles. The van der Waals surface area contributed by atoms with Crippen LogP contribution in [0.15, 0.2) is 52.5 Å². The van der Waals surface area contributed by atoms with Gasteiger partial charge in [-0.2, -0.15) is 0 Å². The third kappa shape index (κ3) is 8.10. The van der Waals surface area contributed by atoms with Gasteiger partial charge in [0.25, 0.3) is 5.91 Å². The van der Waals surface area contributed by atoms with E-state index in [9.17, 15) is 24.9 Å². The first-order valence-corrected chi connectivity index (χ1v) is 16.1. The largest absolute Gasteiger partial charge is 0.493 e. The van der Waals surface area contributed by atoms with Crippen LogP contribution in [0.1, 0.15) is 55.1 Å². The smallest absolute Gasteiger partial charge is 0.289 e. The first-order chi connectivity index (χ1) is 21.8. The first kappa shape index (κ1) is 34.5. The van der Waals surface area contributed by atoms with Crippen LogP contribution in [-0.4, -0.2) is 84.2 Å². The summed E-state index contributed by atoms with van der Waals surface area (Å²) in [4.78, 5) is 29.0. The summed E-state index contributed by atoms with van der Waals surface area (Å²) in [5.74, 6) is 0.406. The molecule has 0 unspecified atom stereocenters. The fraction of sp³-hybridized carbons (Fsp3) is 0.455. The third-order valence-corrected chi connectivity index (χ3v) is 8.59. The van der Waals surface area contributed by atoms with Crippen LogP contribution in [0.3, 0.4) is 0 Å². The topological polar surface area (TPSA) is 151 Å². The molecule has 244 valence electrons. The van der Waals surface area contributed by atoms with Crippen LogP contribution in [-0.2, 0) is 11.4 Å². The van der Waals surface area contributed by atoms with Crippen molar-refractivity contribution in [2.24, 2.45) is 0 Å². The van der Waals surface area contributed by atoms with E-state index in [1.165, 1.54) is 14.2 Å². The van der Waals surface area contributed by atoms with Crippen molar-refractivity contribution < 1.29 is 43.5 Å². The van der Waals surface area contributed by atoms with Crippen molar-refractivity contribution in [2.45, 2.75) is 63.9 Å². The van der Waals surface area contributed by atoms with Gasteiger partial charge in [-0.25, -0.2) is 0 Å². The summed E-state index contributed by atoms with van der Waals surface area (Å²) >= 11 is 2.06. The molecule has 2 aromatic carbocycles. The van der Waals surface area contributed by atoms with E-state index in [0.29, 0.717) is 55.9 Å². The highest BCUT2D eigenvalue weighted by atomic mass is 127. The summed E-state index contributed by atoms with van der Waals surface area (Å²) in [6.45, 7) is 2.03. The summed E-state index contributed by atoms with van der Waals surface area (Å²) in [6.07, 6.45) is 2.89. The number of methoxy groups -OCH3 is 2. The van der Waals surface area contributed by atoms with Gasteiger partial charge in [0.2, 0.25) is 5.91 Å². The van der Waals surface area contributed by atoms with E-state index in [4.69, 9.17) is 18.6 Å². The number of nitrogens with zero attached hydrogens (tertiary/aromatic N) is 1. The van der Waals surface area contributed by atoms with Gasteiger partial charge in [-0.1, -0.05) is 38.3 Å². The van der Waals surface area contributed by atoms with Gasteiger partial charge in [-0.3, -0.25) is 9.59 Å². The number of rotatable bonds is 15. The average Bonchev–Trinajstić information content (AvgIpc) is 3.50. The van der Waals surface area contributed by atoms with Gasteiger partial charge >= 0.3 is 0 Å². The molecular formula is C33H41IN2O9. The number of furan rings is 1. The highest BCUT2D eigenvalue weighted by Gasteiger charge is 2.41. The van der Waals surface area contributed by atoms with Crippen LogP contribution >= 0.6 is 22.6 Å². The van der Waals surface area contributed by atoms with Gasteiger partial charge in [-0.15, -0.1) is 0 Å². The maximum absolute atomic E-state index is 14.2. The number of para-hydroxylation sites is 1. The number of ether oxygens (including phenoxy) is 3. The maximum Gasteiger partial charge on any atom is 0.289 e. The Labute approximate surface area is 276 Å². The molecule has 1 aromatic heterocycles. The van der Waals surface area contributed by atoms with Crippen molar-refractivity contribution in [2.75, 3.05) is 33.9 Å². The molecule has 4 N–H and O–H groups in total. The molecule has 4 rings (SSSR count). The number of halogens is 1. The summed E-state index contributed by atoms with van der Waals surface area (Å²) < 4.78 is 23.9. The Balaban J connectivity index is 1.74. The standard InChI is InChI=1S/C33H41IN2O9/c1-4-5-6-7-12-36(33(41)28-17-21-9-8-10-25(42-2)30(21)45-28)24-16-22(32(40)35-11-13-37)18-26(29(24)39)44-31-23(34)14-20(19-38)15-27(31)43-3/h8-10,14-15,17-18,24,26,29,37-39H,4-7,11-13,16,19H2,1-3H3,(H,35,40)/t24-,26+,29+/m1/s1. The second-order valence-corrected chi connectivity index (χ2v) is 12.0. The zero-order chi connectivity index (χ0) is 32.5. The molecule has 0 aliphatic heterocycles. The third-order valence-electron chi connectivity index (χ3n) is 7.79. The summed E-state index contributed by atoms with van der Waals surface area (Å²) in [5, 5.41) is 34.2. The number of hydrogen-bond acceptors (Lipinski definition) is 9. The molecule has 12 heteroatoms. The molecule has 3 atom stereocenters. The van der Waals surface area contributed by atoms with E-state index >= 15 is 0 Å². The first-order valence-electron chi connectivity index (χ1n) is 15.0. The summed E-state index contributed by atoms with van der Waals surface area (Å²) in [6, 6.07) is 9.58.